The maximum Gasteiger partial charge on any atom is 0.106 e. The topological polar surface area (TPSA) is 24.8 Å². The number of hydrogen-bond acceptors (Lipinski definition) is 3. The van der Waals surface area contributed by atoms with E-state index in [9.17, 15) is 0 Å². The quantitative estimate of drug-likeness (QED) is 0.521. The Morgan fingerprint density at radius 3 is 2.10 bits per heavy atom. The third kappa shape index (κ3) is 5.40. The molecule has 1 unspecified atom stereocenters. The van der Waals surface area contributed by atoms with Crippen LogP contribution in [-0.2, 0) is 17.7 Å². The molecule has 3 heteroatoms. The average molecular weight is 403 g/mol. The van der Waals surface area contributed by atoms with E-state index in [1.54, 1.807) is 12.7 Å². The van der Waals surface area contributed by atoms with Gasteiger partial charge >= 0.3 is 0 Å². The molecule has 0 N–H and O–H groups in total. The maximum absolute atomic E-state index is 5.12. The average Bonchev–Trinajstić information content (AvgIpc) is 2.80. The van der Waals surface area contributed by atoms with E-state index in [1.165, 1.54) is 48.1 Å². The van der Waals surface area contributed by atoms with Gasteiger partial charge in [0.1, 0.15) is 7.11 Å². The Morgan fingerprint density at radius 1 is 0.867 bits per heavy atom. The molecule has 4 rings (SSSR count). The molecule has 0 saturated carbocycles. The van der Waals surface area contributed by atoms with Gasteiger partial charge in [-0.1, -0.05) is 71.4 Å². The van der Waals surface area contributed by atoms with Crippen LogP contribution in [0.5, 0.6) is 0 Å². The van der Waals surface area contributed by atoms with Crippen LogP contribution < -0.4 is 0 Å². The van der Waals surface area contributed by atoms with Gasteiger partial charge < -0.3 is 4.84 Å². The van der Waals surface area contributed by atoms with Crippen molar-refractivity contribution in [1.29, 1.82) is 0 Å². The van der Waals surface area contributed by atoms with E-state index in [0.717, 1.165) is 38.8 Å². The van der Waals surface area contributed by atoms with Gasteiger partial charge in [-0.05, 0) is 68.1 Å². The lowest BCUT2D eigenvalue weighted by molar-refractivity contribution is 0.181. The van der Waals surface area contributed by atoms with Gasteiger partial charge in [-0.25, -0.2) is 0 Å². The number of benzene rings is 2. The lowest BCUT2D eigenvalue weighted by atomic mass is 9.78. The van der Waals surface area contributed by atoms with E-state index in [2.05, 4.69) is 70.7 Å². The van der Waals surface area contributed by atoms with Gasteiger partial charge in [0.15, 0.2) is 0 Å². The number of oxime groups is 1. The fourth-order valence-corrected chi connectivity index (χ4v) is 5.05. The molecule has 0 aromatic heterocycles. The van der Waals surface area contributed by atoms with Crippen LogP contribution in [-0.4, -0.2) is 36.9 Å². The SMILES string of the molecule is CON=C1CCCC2=C1CCC(N(CCc1ccccc1)CCc1ccccc1)C2. The second kappa shape index (κ2) is 10.6. The van der Waals surface area contributed by atoms with Gasteiger partial charge in [-0.2, -0.15) is 0 Å². The summed E-state index contributed by atoms with van der Waals surface area (Å²) in [6.45, 7) is 2.26. The predicted molar refractivity (Wildman–Crippen MR) is 125 cm³/mol. The zero-order valence-corrected chi connectivity index (χ0v) is 18.2. The van der Waals surface area contributed by atoms with E-state index in [4.69, 9.17) is 4.84 Å². The Kier molecular flexibility index (Phi) is 7.36. The molecule has 1 atom stereocenters. The van der Waals surface area contributed by atoms with Crippen molar-refractivity contribution in [3.05, 3.63) is 82.9 Å². The van der Waals surface area contributed by atoms with Crippen LogP contribution in [0.15, 0.2) is 77.0 Å². The molecule has 0 amide bonds. The minimum absolute atomic E-state index is 0.637. The van der Waals surface area contributed by atoms with Crippen LogP contribution in [0.25, 0.3) is 0 Å². The zero-order valence-electron chi connectivity index (χ0n) is 18.2. The van der Waals surface area contributed by atoms with Crippen molar-refractivity contribution in [3.8, 4) is 0 Å². The highest BCUT2D eigenvalue weighted by Gasteiger charge is 2.29. The lowest BCUT2D eigenvalue weighted by Gasteiger charge is -2.38. The normalized spacial score (nSPS) is 20.5. The van der Waals surface area contributed by atoms with Gasteiger partial charge in [0, 0.05) is 19.1 Å². The van der Waals surface area contributed by atoms with Crippen molar-refractivity contribution in [2.24, 2.45) is 5.16 Å². The Bertz CT molecular complexity index is 813. The molecular formula is C27H34N2O. The summed E-state index contributed by atoms with van der Waals surface area (Å²) in [5, 5.41) is 4.34. The van der Waals surface area contributed by atoms with Crippen molar-refractivity contribution in [3.63, 3.8) is 0 Å². The maximum atomic E-state index is 5.12. The summed E-state index contributed by atoms with van der Waals surface area (Å²) in [6, 6.07) is 22.5. The first-order chi connectivity index (χ1) is 14.8. The summed E-state index contributed by atoms with van der Waals surface area (Å²) in [5.74, 6) is 0. The van der Waals surface area contributed by atoms with Crippen molar-refractivity contribution >= 4 is 5.71 Å². The Balaban J connectivity index is 1.46. The molecule has 0 radical (unpaired) electrons. The minimum Gasteiger partial charge on any atom is -0.399 e. The number of rotatable bonds is 8. The molecule has 2 aromatic rings. The fourth-order valence-electron chi connectivity index (χ4n) is 5.05. The Hall–Kier alpha value is -2.39. The van der Waals surface area contributed by atoms with Crippen molar-refractivity contribution in [1.82, 2.24) is 4.90 Å². The first-order valence-corrected chi connectivity index (χ1v) is 11.5. The third-order valence-electron chi connectivity index (χ3n) is 6.66. The van der Waals surface area contributed by atoms with Crippen LogP contribution in [0.4, 0.5) is 0 Å². The van der Waals surface area contributed by atoms with Gasteiger partial charge in [0.05, 0.1) is 5.71 Å². The van der Waals surface area contributed by atoms with E-state index in [-0.39, 0.29) is 0 Å². The summed E-state index contributed by atoms with van der Waals surface area (Å²) in [5.41, 5.74) is 7.22. The predicted octanol–water partition coefficient (Wildman–Crippen LogP) is 5.81. The number of nitrogens with zero attached hydrogens (tertiary/aromatic N) is 2. The summed E-state index contributed by atoms with van der Waals surface area (Å²) in [4.78, 5) is 7.88. The van der Waals surface area contributed by atoms with Gasteiger partial charge in [-0.3, -0.25) is 4.90 Å². The van der Waals surface area contributed by atoms with Crippen molar-refractivity contribution in [2.75, 3.05) is 20.2 Å². The van der Waals surface area contributed by atoms with E-state index in [0.29, 0.717) is 6.04 Å². The van der Waals surface area contributed by atoms with E-state index < -0.39 is 0 Å². The Labute approximate surface area is 181 Å². The highest BCUT2D eigenvalue weighted by molar-refractivity contribution is 6.01. The van der Waals surface area contributed by atoms with Crippen LogP contribution >= 0.6 is 0 Å². The number of hydrogen-bond donors (Lipinski definition) is 0. The van der Waals surface area contributed by atoms with Gasteiger partial charge in [-0.15, -0.1) is 0 Å². The third-order valence-corrected chi connectivity index (χ3v) is 6.66. The number of allylic oxidation sites excluding steroid dienone is 1. The standard InChI is InChI=1S/C27H34N2O/c1-30-28-27-14-8-13-24-21-25(15-16-26(24)27)29(19-17-22-9-4-2-5-10-22)20-18-23-11-6-3-7-12-23/h2-7,9-12,25H,8,13-21H2,1H3. The lowest BCUT2D eigenvalue weighted by Crippen LogP contribution is -2.41. The minimum atomic E-state index is 0.637. The molecule has 2 aromatic carbocycles. The zero-order chi connectivity index (χ0) is 20.6. The molecule has 0 heterocycles. The molecule has 2 aliphatic carbocycles. The molecule has 0 spiro atoms. The van der Waals surface area contributed by atoms with E-state index >= 15 is 0 Å². The van der Waals surface area contributed by atoms with E-state index in [1.807, 2.05) is 0 Å². The highest BCUT2D eigenvalue weighted by Crippen LogP contribution is 2.36. The fraction of sp³-hybridized carbons (Fsp3) is 0.444. The summed E-state index contributed by atoms with van der Waals surface area (Å²) >= 11 is 0. The van der Waals surface area contributed by atoms with Crippen LogP contribution in [0, 0.1) is 0 Å². The summed E-state index contributed by atoms with van der Waals surface area (Å²) in [7, 11) is 1.67. The second-order valence-corrected chi connectivity index (χ2v) is 8.56. The van der Waals surface area contributed by atoms with Gasteiger partial charge in [0.25, 0.3) is 0 Å². The second-order valence-electron chi connectivity index (χ2n) is 8.56. The molecule has 0 bridgehead atoms. The summed E-state index contributed by atoms with van der Waals surface area (Å²) < 4.78 is 0. The molecular weight excluding hydrogens is 368 g/mol. The molecule has 30 heavy (non-hydrogen) atoms. The highest BCUT2D eigenvalue weighted by atomic mass is 16.6. The van der Waals surface area contributed by atoms with Crippen LogP contribution in [0.2, 0.25) is 0 Å². The first kappa shape index (κ1) is 20.9. The molecule has 158 valence electrons. The molecule has 2 aliphatic rings. The summed E-state index contributed by atoms with van der Waals surface area (Å²) in [6.07, 6.45) is 9.33. The molecule has 3 nitrogen and oxygen atoms in total. The van der Waals surface area contributed by atoms with Crippen LogP contribution in [0.1, 0.15) is 49.7 Å². The molecule has 0 fully saturated rings. The smallest absolute Gasteiger partial charge is 0.106 e. The monoisotopic (exact) mass is 402 g/mol. The van der Waals surface area contributed by atoms with Gasteiger partial charge in [0.2, 0.25) is 0 Å². The van der Waals surface area contributed by atoms with Crippen LogP contribution in [0.3, 0.4) is 0 Å². The largest absolute Gasteiger partial charge is 0.399 e. The Morgan fingerprint density at radius 2 is 1.50 bits per heavy atom. The van der Waals surface area contributed by atoms with Crippen molar-refractivity contribution in [2.45, 2.75) is 57.4 Å². The van der Waals surface area contributed by atoms with Crippen molar-refractivity contribution < 1.29 is 4.84 Å². The first-order valence-electron chi connectivity index (χ1n) is 11.5. The molecule has 0 saturated heterocycles. The molecule has 0 aliphatic heterocycles.